The van der Waals surface area contributed by atoms with E-state index in [4.69, 9.17) is 4.74 Å². The molecular formula is C16H25FN2O3S. The summed E-state index contributed by atoms with van der Waals surface area (Å²) >= 11 is 0. The lowest BCUT2D eigenvalue weighted by atomic mass is 10.0. The number of rotatable bonds is 7. The zero-order valence-corrected chi connectivity index (χ0v) is 14.5. The summed E-state index contributed by atoms with van der Waals surface area (Å²) in [6.45, 7) is 7.51. The minimum atomic E-state index is -3.70. The predicted molar refractivity (Wildman–Crippen MR) is 87.2 cm³/mol. The Bertz CT molecular complexity index is 601. The number of halogens is 1. The van der Waals surface area contributed by atoms with Gasteiger partial charge >= 0.3 is 0 Å². The van der Waals surface area contributed by atoms with E-state index in [1.807, 2.05) is 0 Å². The van der Waals surface area contributed by atoms with E-state index in [-0.39, 0.29) is 10.9 Å². The molecule has 23 heavy (non-hydrogen) atoms. The zero-order valence-electron chi connectivity index (χ0n) is 13.7. The van der Waals surface area contributed by atoms with Gasteiger partial charge in [0.1, 0.15) is 5.82 Å². The zero-order chi connectivity index (χ0) is 16.9. The van der Waals surface area contributed by atoms with E-state index in [1.54, 1.807) is 0 Å². The van der Waals surface area contributed by atoms with Crippen LogP contribution in [-0.4, -0.2) is 52.2 Å². The van der Waals surface area contributed by atoms with E-state index in [9.17, 15) is 12.8 Å². The first kappa shape index (κ1) is 18.3. The Kier molecular flexibility index (Phi) is 6.52. The van der Waals surface area contributed by atoms with Gasteiger partial charge in [-0.05, 0) is 30.5 Å². The van der Waals surface area contributed by atoms with Crippen LogP contribution < -0.4 is 4.72 Å². The molecule has 0 aliphatic carbocycles. The largest absolute Gasteiger partial charge is 0.379 e. The number of ether oxygens (including phenoxy) is 1. The standard InChI is InChI=1S/C16H25FN2O3S/c1-13(2)10-15(19-6-8-22-9-7-19)12-18-23(20,21)16-5-3-4-14(17)11-16/h3-5,11,13,15,18H,6-10,12H2,1-2H3/t15-/m0/s1. The van der Waals surface area contributed by atoms with Crippen LogP contribution in [-0.2, 0) is 14.8 Å². The van der Waals surface area contributed by atoms with E-state index in [0.29, 0.717) is 25.7 Å². The molecule has 1 saturated heterocycles. The third-order valence-corrected chi connectivity index (χ3v) is 5.34. The monoisotopic (exact) mass is 344 g/mol. The maximum absolute atomic E-state index is 13.2. The molecule has 1 atom stereocenters. The van der Waals surface area contributed by atoms with E-state index in [2.05, 4.69) is 23.5 Å². The average Bonchev–Trinajstić information content (AvgIpc) is 2.52. The minimum absolute atomic E-state index is 0.0391. The molecule has 1 fully saturated rings. The second-order valence-corrected chi connectivity index (χ2v) is 8.01. The van der Waals surface area contributed by atoms with Gasteiger partial charge in [0.2, 0.25) is 10.0 Å². The van der Waals surface area contributed by atoms with Crippen molar-refractivity contribution in [1.82, 2.24) is 9.62 Å². The van der Waals surface area contributed by atoms with Gasteiger partial charge in [-0.2, -0.15) is 0 Å². The normalized spacial score (nSPS) is 18.3. The number of nitrogens with one attached hydrogen (secondary N) is 1. The Morgan fingerprint density at radius 2 is 2.00 bits per heavy atom. The fourth-order valence-corrected chi connectivity index (χ4v) is 3.88. The Morgan fingerprint density at radius 1 is 1.30 bits per heavy atom. The van der Waals surface area contributed by atoms with Crippen molar-refractivity contribution in [2.45, 2.75) is 31.2 Å². The van der Waals surface area contributed by atoms with E-state index < -0.39 is 15.8 Å². The quantitative estimate of drug-likeness (QED) is 0.820. The second kappa shape index (κ2) is 8.19. The third kappa shape index (κ3) is 5.53. The molecule has 130 valence electrons. The Morgan fingerprint density at radius 3 is 2.61 bits per heavy atom. The smallest absolute Gasteiger partial charge is 0.240 e. The molecule has 7 heteroatoms. The summed E-state index contributed by atoms with van der Waals surface area (Å²) in [6.07, 6.45) is 0.895. The number of sulfonamides is 1. The first-order chi connectivity index (χ1) is 10.9. The number of morpholine rings is 1. The molecule has 0 bridgehead atoms. The fourth-order valence-electron chi connectivity index (χ4n) is 2.77. The van der Waals surface area contributed by atoms with Gasteiger partial charge in [-0.1, -0.05) is 19.9 Å². The maximum Gasteiger partial charge on any atom is 0.240 e. The van der Waals surface area contributed by atoms with Crippen LogP contribution in [0.3, 0.4) is 0 Å². The van der Waals surface area contributed by atoms with E-state index in [1.165, 1.54) is 18.2 Å². The molecule has 1 N–H and O–H groups in total. The van der Waals surface area contributed by atoms with Crippen molar-refractivity contribution < 1.29 is 17.5 Å². The molecule has 1 aliphatic heterocycles. The van der Waals surface area contributed by atoms with Crippen LogP contribution in [0.5, 0.6) is 0 Å². The van der Waals surface area contributed by atoms with Crippen molar-refractivity contribution >= 4 is 10.0 Å². The van der Waals surface area contributed by atoms with Crippen LogP contribution >= 0.6 is 0 Å². The van der Waals surface area contributed by atoms with Crippen molar-refractivity contribution in [1.29, 1.82) is 0 Å². The highest BCUT2D eigenvalue weighted by molar-refractivity contribution is 7.89. The van der Waals surface area contributed by atoms with Gasteiger partial charge in [0.25, 0.3) is 0 Å². The van der Waals surface area contributed by atoms with Gasteiger partial charge < -0.3 is 4.74 Å². The summed E-state index contributed by atoms with van der Waals surface area (Å²) in [5.74, 6) is -0.0960. The lowest BCUT2D eigenvalue weighted by Gasteiger charge is -2.35. The molecule has 0 aromatic heterocycles. The highest BCUT2D eigenvalue weighted by Gasteiger charge is 2.24. The van der Waals surface area contributed by atoms with Crippen LogP contribution in [0.4, 0.5) is 4.39 Å². The summed E-state index contributed by atoms with van der Waals surface area (Å²) in [7, 11) is -3.70. The van der Waals surface area contributed by atoms with Gasteiger partial charge in [0.05, 0.1) is 18.1 Å². The van der Waals surface area contributed by atoms with Crippen LogP contribution in [0.1, 0.15) is 20.3 Å². The molecule has 0 saturated carbocycles. The molecule has 1 heterocycles. The van der Waals surface area contributed by atoms with Crippen molar-refractivity contribution in [3.05, 3.63) is 30.1 Å². The molecule has 0 spiro atoms. The Balaban J connectivity index is 2.04. The number of nitrogens with zero attached hydrogens (tertiary/aromatic N) is 1. The first-order valence-electron chi connectivity index (χ1n) is 7.95. The van der Waals surface area contributed by atoms with Gasteiger partial charge in [0.15, 0.2) is 0 Å². The lowest BCUT2D eigenvalue weighted by Crippen LogP contribution is -2.49. The lowest BCUT2D eigenvalue weighted by molar-refractivity contribution is 0.0134. The highest BCUT2D eigenvalue weighted by Crippen LogP contribution is 2.15. The van der Waals surface area contributed by atoms with Crippen LogP contribution in [0.25, 0.3) is 0 Å². The van der Waals surface area contributed by atoms with Gasteiger partial charge in [-0.25, -0.2) is 17.5 Å². The molecule has 1 aromatic carbocycles. The van der Waals surface area contributed by atoms with Crippen LogP contribution in [0.2, 0.25) is 0 Å². The highest BCUT2D eigenvalue weighted by atomic mass is 32.2. The Labute approximate surface area is 137 Å². The molecule has 1 aromatic rings. The van der Waals surface area contributed by atoms with Gasteiger partial charge in [-0.15, -0.1) is 0 Å². The number of benzene rings is 1. The number of hydrogen-bond donors (Lipinski definition) is 1. The molecule has 0 amide bonds. The van der Waals surface area contributed by atoms with Gasteiger partial charge in [-0.3, -0.25) is 4.90 Å². The van der Waals surface area contributed by atoms with Crippen LogP contribution in [0, 0.1) is 11.7 Å². The summed E-state index contributed by atoms with van der Waals surface area (Å²) in [6, 6.07) is 5.18. The molecule has 1 aliphatic rings. The Hall–Kier alpha value is -1.02. The minimum Gasteiger partial charge on any atom is -0.379 e. The summed E-state index contributed by atoms with van der Waals surface area (Å²) in [5.41, 5.74) is 0. The third-order valence-electron chi connectivity index (χ3n) is 3.92. The number of hydrogen-bond acceptors (Lipinski definition) is 4. The summed E-state index contributed by atoms with van der Waals surface area (Å²) in [4.78, 5) is 2.22. The summed E-state index contributed by atoms with van der Waals surface area (Å²) in [5, 5.41) is 0. The van der Waals surface area contributed by atoms with Crippen molar-refractivity contribution in [2.75, 3.05) is 32.8 Å². The molecule has 2 rings (SSSR count). The SMILES string of the molecule is CC(C)C[C@@H](CNS(=O)(=O)c1cccc(F)c1)N1CCOCC1. The van der Waals surface area contributed by atoms with Gasteiger partial charge in [0, 0.05) is 25.7 Å². The topological polar surface area (TPSA) is 58.6 Å². The fraction of sp³-hybridized carbons (Fsp3) is 0.625. The van der Waals surface area contributed by atoms with Crippen molar-refractivity contribution in [3.63, 3.8) is 0 Å². The van der Waals surface area contributed by atoms with Crippen molar-refractivity contribution in [3.8, 4) is 0 Å². The van der Waals surface area contributed by atoms with Crippen molar-refractivity contribution in [2.24, 2.45) is 5.92 Å². The molecular weight excluding hydrogens is 319 g/mol. The van der Waals surface area contributed by atoms with E-state index in [0.717, 1.165) is 25.6 Å². The predicted octanol–water partition coefficient (Wildman–Crippen LogP) is 1.85. The van der Waals surface area contributed by atoms with Crippen LogP contribution in [0.15, 0.2) is 29.2 Å². The first-order valence-corrected chi connectivity index (χ1v) is 9.44. The molecule has 0 radical (unpaired) electrons. The molecule has 0 unspecified atom stereocenters. The summed E-state index contributed by atoms with van der Waals surface area (Å²) < 4.78 is 45.9. The average molecular weight is 344 g/mol. The van der Waals surface area contributed by atoms with E-state index >= 15 is 0 Å². The second-order valence-electron chi connectivity index (χ2n) is 6.24. The molecule has 5 nitrogen and oxygen atoms in total. The maximum atomic E-state index is 13.2.